The highest BCUT2D eigenvalue weighted by molar-refractivity contribution is 6.26. The average Bonchev–Trinajstić information content (AvgIpc) is 3.59. The van der Waals surface area contributed by atoms with Crippen LogP contribution >= 0.6 is 0 Å². The van der Waals surface area contributed by atoms with Crippen LogP contribution in [0.4, 0.5) is 11.4 Å². The molecule has 3 aromatic carbocycles. The highest BCUT2D eigenvalue weighted by atomic mass is 16.2. The average molecular weight is 464 g/mol. The molecule has 1 spiro atoms. The number of hydrogen-bond donors (Lipinski definition) is 0. The minimum Gasteiger partial charge on any atom is -0.306 e. The SMILES string of the molecule is O=C1[C@H]2[C@@H](C(=O)N1c1ccccc1)[C@]1(C(=O)N(Cc3ccccc3)c3ccccc31)N1CCC[C@@H]21. The number of anilines is 2. The first kappa shape index (κ1) is 20.6. The second-order valence-corrected chi connectivity index (χ2v) is 9.91. The lowest BCUT2D eigenvalue weighted by molar-refractivity contribution is -0.137. The Bertz CT molecular complexity index is 1360. The molecule has 3 amide bonds. The molecule has 3 fully saturated rings. The van der Waals surface area contributed by atoms with Crippen LogP contribution in [-0.4, -0.2) is 35.2 Å². The minimum absolute atomic E-state index is 0.0852. The van der Waals surface area contributed by atoms with Gasteiger partial charge in [0.05, 0.1) is 24.1 Å². The molecule has 0 aromatic heterocycles. The van der Waals surface area contributed by atoms with E-state index in [4.69, 9.17) is 0 Å². The van der Waals surface area contributed by atoms with Crippen molar-refractivity contribution in [1.82, 2.24) is 4.90 Å². The minimum atomic E-state index is -1.15. The molecule has 0 N–H and O–H groups in total. The van der Waals surface area contributed by atoms with Gasteiger partial charge in [0.1, 0.15) is 5.54 Å². The Balaban J connectivity index is 1.41. The van der Waals surface area contributed by atoms with Crippen molar-refractivity contribution in [2.24, 2.45) is 11.8 Å². The lowest BCUT2D eigenvalue weighted by Crippen LogP contribution is -2.55. The van der Waals surface area contributed by atoms with Crippen LogP contribution in [0.15, 0.2) is 84.9 Å². The molecule has 35 heavy (non-hydrogen) atoms. The lowest BCUT2D eigenvalue weighted by Gasteiger charge is -2.37. The summed E-state index contributed by atoms with van der Waals surface area (Å²) in [5.74, 6) is -1.76. The van der Waals surface area contributed by atoms with Gasteiger partial charge in [0, 0.05) is 17.3 Å². The van der Waals surface area contributed by atoms with Gasteiger partial charge in [0.25, 0.3) is 5.91 Å². The van der Waals surface area contributed by atoms with Crippen molar-refractivity contribution < 1.29 is 14.4 Å². The summed E-state index contributed by atoms with van der Waals surface area (Å²) < 4.78 is 0. The van der Waals surface area contributed by atoms with E-state index in [0.29, 0.717) is 18.8 Å². The number of imide groups is 1. The van der Waals surface area contributed by atoms with Crippen LogP contribution in [0.2, 0.25) is 0 Å². The number of rotatable bonds is 3. The molecular formula is C29H25N3O3. The van der Waals surface area contributed by atoms with Gasteiger partial charge >= 0.3 is 0 Å². The van der Waals surface area contributed by atoms with Crippen molar-refractivity contribution in [2.75, 3.05) is 16.3 Å². The Morgan fingerprint density at radius 2 is 1.49 bits per heavy atom. The van der Waals surface area contributed by atoms with Gasteiger partial charge in [0.15, 0.2) is 0 Å². The molecule has 0 unspecified atom stereocenters. The van der Waals surface area contributed by atoms with E-state index < -0.39 is 17.4 Å². The van der Waals surface area contributed by atoms with E-state index in [1.165, 1.54) is 4.90 Å². The first-order chi connectivity index (χ1) is 17.1. The maximum Gasteiger partial charge on any atom is 0.253 e. The van der Waals surface area contributed by atoms with Gasteiger partial charge in [-0.05, 0) is 43.1 Å². The summed E-state index contributed by atoms with van der Waals surface area (Å²) in [6.07, 6.45) is 1.73. The van der Waals surface area contributed by atoms with Gasteiger partial charge in [-0.25, -0.2) is 4.90 Å². The third-order valence-corrected chi connectivity index (χ3v) is 8.34. The molecule has 4 aliphatic heterocycles. The van der Waals surface area contributed by atoms with Crippen molar-refractivity contribution >= 4 is 29.1 Å². The summed E-state index contributed by atoms with van der Waals surface area (Å²) in [5.41, 5.74) is 2.16. The van der Waals surface area contributed by atoms with Gasteiger partial charge in [0.2, 0.25) is 11.8 Å². The number of carbonyl (C=O) groups excluding carboxylic acids is 3. The predicted octanol–water partition coefficient (Wildman–Crippen LogP) is 3.71. The number of para-hydroxylation sites is 2. The van der Waals surface area contributed by atoms with Crippen molar-refractivity contribution in [3.8, 4) is 0 Å². The van der Waals surface area contributed by atoms with Gasteiger partial charge < -0.3 is 4.90 Å². The van der Waals surface area contributed by atoms with Crippen LogP contribution in [0.1, 0.15) is 24.0 Å². The summed E-state index contributed by atoms with van der Waals surface area (Å²) in [4.78, 5) is 47.9. The molecular weight excluding hydrogens is 438 g/mol. The summed E-state index contributed by atoms with van der Waals surface area (Å²) >= 11 is 0. The summed E-state index contributed by atoms with van der Waals surface area (Å²) in [6, 6.07) is 26.8. The Kier molecular flexibility index (Phi) is 4.33. The van der Waals surface area contributed by atoms with Crippen molar-refractivity contribution in [3.63, 3.8) is 0 Å². The first-order valence-electron chi connectivity index (χ1n) is 12.3. The van der Waals surface area contributed by atoms with E-state index in [2.05, 4.69) is 4.90 Å². The Hall–Kier alpha value is -3.77. The number of hydrogen-bond acceptors (Lipinski definition) is 4. The fourth-order valence-corrected chi connectivity index (χ4v) is 7.09. The van der Waals surface area contributed by atoms with Gasteiger partial charge in [-0.3, -0.25) is 19.3 Å². The third-order valence-electron chi connectivity index (χ3n) is 8.34. The molecule has 3 saturated heterocycles. The second-order valence-electron chi connectivity index (χ2n) is 9.91. The van der Waals surface area contributed by atoms with Crippen molar-refractivity contribution in [3.05, 3.63) is 96.1 Å². The summed E-state index contributed by atoms with van der Waals surface area (Å²) in [6.45, 7) is 1.14. The maximum atomic E-state index is 14.6. The fraction of sp³-hybridized carbons (Fsp3) is 0.276. The van der Waals surface area contributed by atoms with E-state index in [9.17, 15) is 14.4 Å². The van der Waals surface area contributed by atoms with E-state index >= 15 is 0 Å². The highest BCUT2D eigenvalue weighted by Gasteiger charge is 2.75. The zero-order valence-corrected chi connectivity index (χ0v) is 19.2. The number of fused-ring (bicyclic) bond motifs is 7. The van der Waals surface area contributed by atoms with Gasteiger partial charge in [-0.1, -0.05) is 66.7 Å². The van der Waals surface area contributed by atoms with Gasteiger partial charge in [-0.2, -0.15) is 0 Å². The van der Waals surface area contributed by atoms with Crippen LogP contribution in [0.5, 0.6) is 0 Å². The molecule has 174 valence electrons. The van der Waals surface area contributed by atoms with Crippen molar-refractivity contribution in [2.45, 2.75) is 31.0 Å². The Morgan fingerprint density at radius 1 is 0.800 bits per heavy atom. The third kappa shape index (κ3) is 2.55. The molecule has 4 heterocycles. The summed E-state index contributed by atoms with van der Waals surface area (Å²) in [7, 11) is 0. The molecule has 4 atom stereocenters. The number of carbonyl (C=O) groups is 3. The Labute approximate surface area is 203 Å². The highest BCUT2D eigenvalue weighted by Crippen LogP contribution is 2.62. The molecule has 0 radical (unpaired) electrons. The van der Waals surface area contributed by atoms with Crippen LogP contribution in [0.25, 0.3) is 0 Å². The van der Waals surface area contributed by atoms with Gasteiger partial charge in [-0.15, -0.1) is 0 Å². The topological polar surface area (TPSA) is 60.9 Å². The van der Waals surface area contributed by atoms with Crippen LogP contribution in [0, 0.1) is 11.8 Å². The standard InChI is InChI=1S/C29H25N3O3/c33-26-24-23-16-9-17-31(23)29(25(24)27(34)32(26)20-12-5-2-6-13-20)21-14-7-8-15-22(21)30(28(29)35)18-19-10-3-1-4-11-19/h1-8,10-15,23-25H,9,16-18H2/t23-,24+,25-,29+/m0/s1. The first-order valence-corrected chi connectivity index (χ1v) is 12.3. The largest absolute Gasteiger partial charge is 0.306 e. The molecule has 6 heteroatoms. The molecule has 4 aliphatic rings. The zero-order valence-electron chi connectivity index (χ0n) is 19.2. The molecule has 6 nitrogen and oxygen atoms in total. The van der Waals surface area contributed by atoms with E-state index in [0.717, 1.165) is 29.7 Å². The predicted molar refractivity (Wildman–Crippen MR) is 131 cm³/mol. The summed E-state index contributed by atoms with van der Waals surface area (Å²) in [5, 5.41) is 0. The van der Waals surface area contributed by atoms with E-state index in [1.54, 1.807) is 12.1 Å². The van der Waals surface area contributed by atoms with Crippen molar-refractivity contribution in [1.29, 1.82) is 0 Å². The normalized spacial score (nSPS) is 29.3. The lowest BCUT2D eigenvalue weighted by atomic mass is 9.75. The van der Waals surface area contributed by atoms with Crippen LogP contribution in [0.3, 0.4) is 0 Å². The zero-order chi connectivity index (χ0) is 23.7. The number of benzene rings is 3. The monoisotopic (exact) mass is 463 g/mol. The van der Waals surface area contributed by atoms with Crippen LogP contribution < -0.4 is 9.80 Å². The Morgan fingerprint density at radius 3 is 2.26 bits per heavy atom. The molecule has 7 rings (SSSR count). The smallest absolute Gasteiger partial charge is 0.253 e. The molecule has 0 saturated carbocycles. The fourth-order valence-electron chi connectivity index (χ4n) is 7.09. The molecule has 3 aromatic rings. The maximum absolute atomic E-state index is 14.6. The number of nitrogens with zero attached hydrogens (tertiary/aromatic N) is 3. The second kappa shape index (κ2) is 7.36. The van der Waals surface area contributed by atoms with E-state index in [1.807, 2.05) is 77.7 Å². The van der Waals surface area contributed by atoms with E-state index in [-0.39, 0.29) is 23.8 Å². The molecule has 0 bridgehead atoms. The number of amides is 3. The molecule has 0 aliphatic carbocycles. The quantitative estimate of drug-likeness (QED) is 0.556. The van der Waals surface area contributed by atoms with Crippen LogP contribution in [-0.2, 0) is 26.5 Å².